The number of hydrogen-bond acceptors (Lipinski definition) is 4. The van der Waals surface area contributed by atoms with Crippen LogP contribution in [0.1, 0.15) is 39.9 Å². The van der Waals surface area contributed by atoms with Crippen LogP contribution in [-0.2, 0) is 13.1 Å². The van der Waals surface area contributed by atoms with Gasteiger partial charge in [-0.1, -0.05) is 41.9 Å². The zero-order valence-electron chi connectivity index (χ0n) is 17.6. The van der Waals surface area contributed by atoms with Gasteiger partial charge in [-0.05, 0) is 44.5 Å². The first-order valence-corrected chi connectivity index (χ1v) is 10.4. The number of amides is 1. The monoisotopic (exact) mass is 434 g/mol. The predicted molar refractivity (Wildman–Crippen MR) is 123 cm³/mol. The number of carbonyl (C=O) groups excluding carboxylic acids is 1. The molecule has 158 valence electrons. The molecule has 0 spiro atoms. The second-order valence-electron chi connectivity index (χ2n) is 7.24. The van der Waals surface area contributed by atoms with Gasteiger partial charge in [0.25, 0.3) is 5.91 Å². The summed E-state index contributed by atoms with van der Waals surface area (Å²) in [6.07, 6.45) is 1.53. The highest BCUT2D eigenvalue weighted by molar-refractivity contribution is 6.32. The van der Waals surface area contributed by atoms with Crippen molar-refractivity contribution >= 4 is 34.8 Å². The van der Waals surface area contributed by atoms with Crippen LogP contribution in [0.25, 0.3) is 11.0 Å². The van der Waals surface area contributed by atoms with Gasteiger partial charge in [-0.15, -0.1) is 0 Å². The molecule has 0 aliphatic rings. The Kier molecular flexibility index (Phi) is 5.86. The SMILES string of the molecule is CCn1c(C)nc2cc(C(=O)N/N=C/c3c(C)nn(Cc4ccccc4)c3Cl)ccc21. The van der Waals surface area contributed by atoms with Crippen molar-refractivity contribution in [2.45, 2.75) is 33.9 Å². The van der Waals surface area contributed by atoms with Gasteiger partial charge < -0.3 is 4.57 Å². The summed E-state index contributed by atoms with van der Waals surface area (Å²) < 4.78 is 3.82. The van der Waals surface area contributed by atoms with E-state index in [0.29, 0.717) is 22.8 Å². The van der Waals surface area contributed by atoms with Gasteiger partial charge >= 0.3 is 0 Å². The smallest absolute Gasteiger partial charge is 0.271 e. The highest BCUT2D eigenvalue weighted by atomic mass is 35.5. The molecule has 0 fully saturated rings. The number of aromatic nitrogens is 4. The van der Waals surface area contributed by atoms with E-state index in [4.69, 9.17) is 11.6 Å². The van der Waals surface area contributed by atoms with E-state index in [0.717, 1.165) is 34.7 Å². The lowest BCUT2D eigenvalue weighted by atomic mass is 10.2. The van der Waals surface area contributed by atoms with Crippen LogP contribution in [0.15, 0.2) is 53.6 Å². The molecule has 4 rings (SSSR count). The predicted octanol–water partition coefficient (Wildman–Crippen LogP) is 4.34. The average molecular weight is 435 g/mol. The first kappa shape index (κ1) is 20.8. The number of carbonyl (C=O) groups is 1. The van der Waals surface area contributed by atoms with E-state index in [-0.39, 0.29) is 5.91 Å². The van der Waals surface area contributed by atoms with Crippen molar-refractivity contribution < 1.29 is 4.79 Å². The highest BCUT2D eigenvalue weighted by Gasteiger charge is 2.13. The summed E-state index contributed by atoms with van der Waals surface area (Å²) in [5.41, 5.74) is 7.36. The lowest BCUT2D eigenvalue weighted by Gasteiger charge is -2.03. The fourth-order valence-electron chi connectivity index (χ4n) is 3.59. The van der Waals surface area contributed by atoms with Gasteiger partial charge in [0.05, 0.1) is 35.1 Å². The van der Waals surface area contributed by atoms with Crippen LogP contribution in [-0.4, -0.2) is 31.5 Å². The topological polar surface area (TPSA) is 77.1 Å². The standard InChI is InChI=1S/C23H23ClN6O/c1-4-29-16(3)26-20-12-18(10-11-21(20)29)23(31)27-25-13-19-15(2)28-30(22(19)24)14-17-8-6-5-7-9-17/h5-13H,4,14H2,1-3H3,(H,27,31)/b25-13+. The first-order valence-electron chi connectivity index (χ1n) is 10.0. The zero-order valence-corrected chi connectivity index (χ0v) is 18.4. The molecule has 1 N–H and O–H groups in total. The molecule has 0 radical (unpaired) electrons. The van der Waals surface area contributed by atoms with Crippen molar-refractivity contribution in [2.24, 2.45) is 5.10 Å². The summed E-state index contributed by atoms with van der Waals surface area (Å²) in [5.74, 6) is 0.609. The minimum atomic E-state index is -0.313. The van der Waals surface area contributed by atoms with E-state index in [2.05, 4.69) is 32.1 Å². The summed E-state index contributed by atoms with van der Waals surface area (Å²) in [6, 6.07) is 15.4. The Morgan fingerprint density at radius 1 is 1.19 bits per heavy atom. The van der Waals surface area contributed by atoms with Crippen molar-refractivity contribution in [1.29, 1.82) is 0 Å². The Bertz CT molecular complexity index is 1270. The second kappa shape index (κ2) is 8.73. The van der Waals surface area contributed by atoms with E-state index in [1.54, 1.807) is 16.8 Å². The van der Waals surface area contributed by atoms with E-state index in [1.165, 1.54) is 6.21 Å². The number of halogens is 1. The van der Waals surface area contributed by atoms with Crippen LogP contribution in [0.4, 0.5) is 0 Å². The number of rotatable bonds is 6. The van der Waals surface area contributed by atoms with Gasteiger partial charge in [0, 0.05) is 12.1 Å². The Labute approximate surface area is 185 Å². The molecular weight excluding hydrogens is 412 g/mol. The van der Waals surface area contributed by atoms with Gasteiger partial charge in [-0.25, -0.2) is 15.1 Å². The van der Waals surface area contributed by atoms with E-state index < -0.39 is 0 Å². The number of nitrogens with one attached hydrogen (secondary N) is 1. The number of fused-ring (bicyclic) bond motifs is 1. The molecule has 0 aliphatic carbocycles. The average Bonchev–Trinajstić information content (AvgIpc) is 3.23. The maximum Gasteiger partial charge on any atom is 0.271 e. The van der Waals surface area contributed by atoms with E-state index in [9.17, 15) is 4.79 Å². The third kappa shape index (κ3) is 4.22. The van der Waals surface area contributed by atoms with Crippen LogP contribution in [0.5, 0.6) is 0 Å². The summed E-state index contributed by atoms with van der Waals surface area (Å²) in [4.78, 5) is 17.1. The molecule has 2 heterocycles. The Morgan fingerprint density at radius 3 is 2.71 bits per heavy atom. The van der Waals surface area contributed by atoms with Crippen LogP contribution in [0.3, 0.4) is 0 Å². The fourth-order valence-corrected chi connectivity index (χ4v) is 3.87. The van der Waals surface area contributed by atoms with Gasteiger partial charge in [-0.3, -0.25) is 4.79 Å². The Hall–Kier alpha value is -3.45. The zero-order chi connectivity index (χ0) is 22.0. The third-order valence-electron chi connectivity index (χ3n) is 5.16. The minimum absolute atomic E-state index is 0.313. The summed E-state index contributed by atoms with van der Waals surface area (Å²) in [5, 5.41) is 9.05. The largest absolute Gasteiger partial charge is 0.329 e. The van der Waals surface area contributed by atoms with Gasteiger partial charge in [0.15, 0.2) is 0 Å². The Morgan fingerprint density at radius 2 is 1.97 bits per heavy atom. The van der Waals surface area contributed by atoms with E-state index in [1.807, 2.05) is 50.2 Å². The lowest BCUT2D eigenvalue weighted by Crippen LogP contribution is -2.17. The van der Waals surface area contributed by atoms with Crippen molar-refractivity contribution in [3.63, 3.8) is 0 Å². The maximum absolute atomic E-state index is 12.5. The van der Waals surface area contributed by atoms with Crippen molar-refractivity contribution in [3.8, 4) is 0 Å². The van der Waals surface area contributed by atoms with Gasteiger partial charge in [0.1, 0.15) is 11.0 Å². The van der Waals surface area contributed by atoms with E-state index >= 15 is 0 Å². The molecule has 7 nitrogen and oxygen atoms in total. The molecule has 0 saturated heterocycles. The minimum Gasteiger partial charge on any atom is -0.329 e. The number of aryl methyl sites for hydroxylation is 3. The van der Waals surface area contributed by atoms with Crippen LogP contribution < -0.4 is 5.43 Å². The molecule has 0 unspecified atom stereocenters. The van der Waals surface area contributed by atoms with Crippen LogP contribution in [0.2, 0.25) is 5.15 Å². The highest BCUT2D eigenvalue weighted by Crippen LogP contribution is 2.20. The quantitative estimate of drug-likeness (QED) is 0.362. The van der Waals surface area contributed by atoms with Crippen molar-refractivity contribution in [1.82, 2.24) is 24.8 Å². The van der Waals surface area contributed by atoms with Crippen LogP contribution in [0, 0.1) is 13.8 Å². The molecule has 0 bridgehead atoms. The number of hydrogen-bond donors (Lipinski definition) is 1. The normalized spacial score (nSPS) is 11.5. The number of benzene rings is 2. The molecule has 1 amide bonds. The van der Waals surface area contributed by atoms with Crippen LogP contribution >= 0.6 is 11.6 Å². The molecule has 0 saturated carbocycles. The molecule has 0 aliphatic heterocycles. The molecular formula is C23H23ClN6O. The number of hydrazone groups is 1. The maximum atomic E-state index is 12.5. The third-order valence-corrected chi connectivity index (χ3v) is 5.56. The van der Waals surface area contributed by atoms with Gasteiger partial charge in [0.2, 0.25) is 0 Å². The fraction of sp³-hybridized carbons (Fsp3) is 0.217. The number of nitrogens with zero attached hydrogens (tertiary/aromatic N) is 5. The molecule has 4 aromatic rings. The molecule has 2 aromatic heterocycles. The molecule has 2 aromatic carbocycles. The molecule has 31 heavy (non-hydrogen) atoms. The summed E-state index contributed by atoms with van der Waals surface area (Å²) >= 11 is 6.49. The first-order chi connectivity index (χ1) is 15.0. The summed E-state index contributed by atoms with van der Waals surface area (Å²) in [6.45, 7) is 7.27. The molecule has 8 heteroatoms. The second-order valence-corrected chi connectivity index (χ2v) is 7.60. The van der Waals surface area contributed by atoms with Gasteiger partial charge in [-0.2, -0.15) is 10.2 Å². The van der Waals surface area contributed by atoms with Crippen molar-refractivity contribution in [2.75, 3.05) is 0 Å². The number of imidazole rings is 1. The summed E-state index contributed by atoms with van der Waals surface area (Å²) in [7, 11) is 0. The molecule has 0 atom stereocenters. The van der Waals surface area contributed by atoms with Crippen molar-refractivity contribution in [3.05, 3.63) is 81.9 Å². The Balaban J connectivity index is 1.48. The lowest BCUT2D eigenvalue weighted by molar-refractivity contribution is 0.0955.